The van der Waals surface area contributed by atoms with Crippen molar-refractivity contribution in [2.45, 2.75) is 24.8 Å². The van der Waals surface area contributed by atoms with Gasteiger partial charge in [0, 0.05) is 28.6 Å². The van der Waals surface area contributed by atoms with Crippen LogP contribution in [0.5, 0.6) is 0 Å². The number of pyridine rings is 1. The van der Waals surface area contributed by atoms with Crippen molar-refractivity contribution in [3.05, 3.63) is 120 Å². The van der Waals surface area contributed by atoms with Crippen molar-refractivity contribution in [3.8, 4) is 0 Å². The molecule has 34 heavy (non-hydrogen) atoms. The first-order chi connectivity index (χ1) is 16.6. The van der Waals surface area contributed by atoms with E-state index in [-0.39, 0.29) is 5.82 Å². The summed E-state index contributed by atoms with van der Waals surface area (Å²) in [7, 11) is 1.82. The van der Waals surface area contributed by atoms with Gasteiger partial charge in [-0.1, -0.05) is 54.6 Å². The first kappa shape index (κ1) is 25.1. The monoisotopic (exact) mass is 473 g/mol. The third-order valence-electron chi connectivity index (χ3n) is 4.90. The fraction of sp³-hybridized carbons (Fsp3) is 0.143. The Labute approximate surface area is 204 Å². The van der Waals surface area contributed by atoms with Gasteiger partial charge in [0.2, 0.25) is 0 Å². The molecule has 0 aliphatic rings. The van der Waals surface area contributed by atoms with Crippen LogP contribution in [0.25, 0.3) is 10.9 Å². The average molecular weight is 474 g/mol. The van der Waals surface area contributed by atoms with Crippen LogP contribution >= 0.6 is 11.9 Å². The highest BCUT2D eigenvalue weighted by molar-refractivity contribution is 7.98. The minimum absolute atomic E-state index is 0.292. The van der Waals surface area contributed by atoms with E-state index in [1.165, 1.54) is 28.7 Å². The molecule has 0 fully saturated rings. The molecular weight excluding hydrogens is 445 g/mol. The second-order valence-electron chi connectivity index (χ2n) is 7.43. The van der Waals surface area contributed by atoms with Crippen molar-refractivity contribution < 1.29 is 9.18 Å². The Balaban J connectivity index is 0.000000271. The van der Waals surface area contributed by atoms with Crippen LogP contribution in [0, 0.1) is 5.82 Å². The molecule has 0 saturated carbocycles. The summed E-state index contributed by atoms with van der Waals surface area (Å²) in [5.41, 5.74) is 4.06. The number of carbonyl (C=O) groups is 1. The van der Waals surface area contributed by atoms with Crippen LogP contribution < -0.4 is 5.32 Å². The zero-order valence-electron chi connectivity index (χ0n) is 19.3. The lowest BCUT2D eigenvalue weighted by atomic mass is 10.1. The lowest BCUT2D eigenvalue weighted by Crippen LogP contribution is -2.06. The topological polar surface area (TPSA) is 46.9 Å². The summed E-state index contributed by atoms with van der Waals surface area (Å²) in [6.45, 7) is 2.70. The van der Waals surface area contributed by atoms with Gasteiger partial charge in [-0.15, -0.1) is 0 Å². The van der Waals surface area contributed by atoms with Crippen LogP contribution in [0.2, 0.25) is 0 Å². The van der Waals surface area contributed by atoms with Gasteiger partial charge in [-0.2, -0.15) is 0 Å². The summed E-state index contributed by atoms with van der Waals surface area (Å²) < 4.78 is 14.4. The molecule has 0 radical (unpaired) electrons. The van der Waals surface area contributed by atoms with Gasteiger partial charge in [-0.05, 0) is 68.2 Å². The molecule has 2 heterocycles. The normalized spacial score (nSPS) is 11.1. The third-order valence-corrected chi connectivity index (χ3v) is 5.89. The zero-order valence-corrected chi connectivity index (χ0v) is 20.1. The molecule has 0 unspecified atom stereocenters. The summed E-state index contributed by atoms with van der Waals surface area (Å²) in [4.78, 5) is 15.7. The zero-order chi connectivity index (χ0) is 24.2. The molecule has 2 aromatic carbocycles. The minimum atomic E-state index is -0.292. The Bertz CT molecular complexity index is 1250. The van der Waals surface area contributed by atoms with Crippen molar-refractivity contribution >= 4 is 29.1 Å². The molecule has 2 aromatic heterocycles. The highest BCUT2D eigenvalue weighted by Crippen LogP contribution is 2.30. The van der Waals surface area contributed by atoms with Gasteiger partial charge in [0.1, 0.15) is 12.1 Å². The van der Waals surface area contributed by atoms with Gasteiger partial charge in [0.15, 0.2) is 0 Å². The molecule has 0 saturated heterocycles. The molecule has 0 bridgehead atoms. The number of carbonyl (C=O) groups excluding carboxylic acids is 1. The van der Waals surface area contributed by atoms with Gasteiger partial charge in [-0.3, -0.25) is 13.8 Å². The Kier molecular flexibility index (Phi) is 9.82. The number of hydrogen-bond acceptors (Lipinski definition) is 4. The van der Waals surface area contributed by atoms with Gasteiger partial charge in [0.25, 0.3) is 0 Å². The van der Waals surface area contributed by atoms with E-state index >= 15 is 0 Å². The maximum absolute atomic E-state index is 12.2. The number of nitrogens with one attached hydrogen (secondary N) is 1. The molecule has 0 spiro atoms. The Hall–Kier alpha value is -3.48. The number of halogens is 1. The predicted molar refractivity (Wildman–Crippen MR) is 140 cm³/mol. The van der Waals surface area contributed by atoms with Crippen LogP contribution in [0.4, 0.5) is 4.39 Å². The van der Waals surface area contributed by atoms with Crippen LogP contribution in [-0.4, -0.2) is 22.3 Å². The van der Waals surface area contributed by atoms with E-state index in [0.29, 0.717) is 12.1 Å². The van der Waals surface area contributed by atoms with E-state index in [1.807, 2.05) is 50.4 Å². The van der Waals surface area contributed by atoms with E-state index < -0.39 is 0 Å². The molecule has 4 aromatic rings. The maximum atomic E-state index is 12.2. The summed E-state index contributed by atoms with van der Waals surface area (Å²) in [5.74, 6) is -0.292. The van der Waals surface area contributed by atoms with Crippen molar-refractivity contribution in [3.63, 3.8) is 0 Å². The Morgan fingerprint density at radius 2 is 1.85 bits per heavy atom. The summed E-state index contributed by atoms with van der Waals surface area (Å²) in [6, 6.07) is 19.2. The number of aromatic nitrogens is 2. The second-order valence-corrected chi connectivity index (χ2v) is 8.48. The number of benzene rings is 2. The number of fused-ring (bicyclic) bond motifs is 1. The molecule has 0 aliphatic heterocycles. The largest absolute Gasteiger partial charge is 0.314 e. The first-order valence-electron chi connectivity index (χ1n) is 11.0. The highest BCUT2D eigenvalue weighted by atomic mass is 32.2. The molecule has 174 valence electrons. The third kappa shape index (κ3) is 7.27. The molecule has 0 amide bonds. The molecule has 0 atom stereocenters. The maximum Gasteiger partial charge on any atom is 0.150 e. The van der Waals surface area contributed by atoms with Crippen LogP contribution in [-0.2, 0) is 13.0 Å². The SMILES string of the molecule is C/C=C\C=C/Cc1cn(Sc2ccc(C=O)cc2)c2ccccc12.CNCc1ccc(F)cn1. The van der Waals surface area contributed by atoms with Crippen molar-refractivity contribution in [1.82, 2.24) is 14.3 Å². The summed E-state index contributed by atoms with van der Waals surface area (Å²) >= 11 is 1.66. The fourth-order valence-electron chi connectivity index (χ4n) is 3.25. The number of aldehydes is 1. The number of rotatable bonds is 8. The molecule has 0 aliphatic carbocycles. The van der Waals surface area contributed by atoms with Gasteiger partial charge in [-0.25, -0.2) is 4.39 Å². The second kappa shape index (κ2) is 13.3. The smallest absolute Gasteiger partial charge is 0.150 e. The number of nitrogens with zero attached hydrogens (tertiary/aromatic N) is 2. The summed E-state index contributed by atoms with van der Waals surface area (Å²) in [6.07, 6.45) is 13.5. The van der Waals surface area contributed by atoms with Crippen molar-refractivity contribution in [2.24, 2.45) is 0 Å². The molecule has 4 nitrogen and oxygen atoms in total. The summed E-state index contributed by atoms with van der Waals surface area (Å²) in [5, 5.41) is 4.20. The number of allylic oxidation sites excluding steroid dienone is 4. The van der Waals surface area contributed by atoms with Crippen LogP contribution in [0.3, 0.4) is 0 Å². The van der Waals surface area contributed by atoms with E-state index in [1.54, 1.807) is 18.0 Å². The van der Waals surface area contributed by atoms with Gasteiger partial charge >= 0.3 is 0 Å². The van der Waals surface area contributed by atoms with E-state index in [2.05, 4.69) is 56.9 Å². The minimum Gasteiger partial charge on any atom is -0.314 e. The van der Waals surface area contributed by atoms with Gasteiger partial charge < -0.3 is 5.32 Å². The fourth-order valence-corrected chi connectivity index (χ4v) is 4.18. The van der Waals surface area contributed by atoms with E-state index in [9.17, 15) is 9.18 Å². The van der Waals surface area contributed by atoms with Crippen LogP contribution in [0.1, 0.15) is 28.5 Å². The quantitative estimate of drug-likeness (QED) is 0.231. The highest BCUT2D eigenvalue weighted by Gasteiger charge is 2.08. The average Bonchev–Trinajstić information content (AvgIpc) is 3.22. The van der Waals surface area contributed by atoms with Crippen LogP contribution in [0.15, 0.2) is 102 Å². The molecule has 4 rings (SSSR count). The molecule has 6 heteroatoms. The molecular formula is C28H28FN3OS. The van der Waals surface area contributed by atoms with Gasteiger partial charge in [0.05, 0.1) is 17.4 Å². The van der Waals surface area contributed by atoms with E-state index in [4.69, 9.17) is 0 Å². The van der Waals surface area contributed by atoms with E-state index in [0.717, 1.165) is 23.3 Å². The lowest BCUT2D eigenvalue weighted by Gasteiger charge is -2.04. The lowest BCUT2D eigenvalue weighted by molar-refractivity contribution is 0.112. The number of para-hydroxylation sites is 1. The molecule has 1 N–H and O–H groups in total. The Morgan fingerprint density at radius 1 is 1.06 bits per heavy atom. The standard InChI is InChI=1S/C21H19NOS.C7H9FN2/c1-2-3-4-5-8-18-15-22(21-10-7-6-9-20(18)21)24-19-13-11-17(16-23)12-14-19;1-9-5-7-3-2-6(8)4-10-7/h2-7,9-16H,8H2,1H3;2-4,9H,5H2,1H3/b3-2-,5-4-;. The van der Waals surface area contributed by atoms with Crippen molar-refractivity contribution in [2.75, 3.05) is 7.05 Å². The predicted octanol–water partition coefficient (Wildman–Crippen LogP) is 6.62. The van der Waals surface area contributed by atoms with Crippen molar-refractivity contribution in [1.29, 1.82) is 0 Å². The number of hydrogen-bond donors (Lipinski definition) is 1. The Morgan fingerprint density at radius 3 is 2.53 bits per heavy atom. The first-order valence-corrected chi connectivity index (χ1v) is 11.8.